The Hall–Kier alpha value is -0.170. The van der Waals surface area contributed by atoms with Gasteiger partial charge in [0.25, 0.3) is 0 Å². The predicted octanol–water partition coefficient (Wildman–Crippen LogP) is 4.78. The average Bonchev–Trinajstić information content (AvgIpc) is 2.11. The molecule has 0 radical (unpaired) electrons. The van der Waals surface area contributed by atoms with Crippen LogP contribution in [0.5, 0.6) is 0 Å². The van der Waals surface area contributed by atoms with Crippen LogP contribution < -0.4 is 0 Å². The molecule has 0 aliphatic rings. The first-order chi connectivity index (χ1) is 6.04. The molecule has 0 unspecified atom stereocenters. The summed E-state index contributed by atoms with van der Waals surface area (Å²) in [6.45, 7) is 13.3. The van der Waals surface area contributed by atoms with E-state index in [4.69, 9.17) is 0 Å². The van der Waals surface area contributed by atoms with E-state index in [0.717, 1.165) is 6.42 Å². The minimum absolute atomic E-state index is 1.16. The first-order valence-electron chi connectivity index (χ1n) is 5.01. The Balaban J connectivity index is 4.85. The molecule has 13 heavy (non-hydrogen) atoms. The Bertz CT molecular complexity index is 217. The van der Waals surface area contributed by atoms with Crippen molar-refractivity contribution in [3.63, 3.8) is 0 Å². The van der Waals surface area contributed by atoms with Crippen molar-refractivity contribution in [2.24, 2.45) is 0 Å². The molecule has 0 amide bonds. The van der Waals surface area contributed by atoms with Crippen molar-refractivity contribution in [2.75, 3.05) is 5.75 Å². The summed E-state index contributed by atoms with van der Waals surface area (Å²) in [7, 11) is 0. The van der Waals surface area contributed by atoms with Crippen molar-refractivity contribution in [3.05, 3.63) is 21.6 Å². The SMILES string of the molecule is CCS/C(CC)=C(\C)C(C)=C(C)C. The maximum atomic E-state index is 2.24. The Kier molecular flexibility index (Phi) is 6.23. The van der Waals surface area contributed by atoms with Crippen molar-refractivity contribution in [3.8, 4) is 0 Å². The van der Waals surface area contributed by atoms with E-state index < -0.39 is 0 Å². The molecule has 0 fully saturated rings. The fourth-order valence-electron chi connectivity index (χ4n) is 1.23. The predicted molar refractivity (Wildman–Crippen MR) is 65.2 cm³/mol. The summed E-state index contributed by atoms with van der Waals surface area (Å²) < 4.78 is 0. The van der Waals surface area contributed by atoms with E-state index in [1.54, 1.807) is 4.91 Å². The van der Waals surface area contributed by atoms with Gasteiger partial charge in [0.05, 0.1) is 0 Å². The summed E-state index contributed by atoms with van der Waals surface area (Å²) in [4.78, 5) is 1.54. The van der Waals surface area contributed by atoms with Gasteiger partial charge in [0.1, 0.15) is 0 Å². The Labute approximate surface area is 87.5 Å². The molecule has 0 N–H and O–H groups in total. The number of thioether (sulfide) groups is 1. The fourth-order valence-corrected chi connectivity index (χ4v) is 2.16. The van der Waals surface area contributed by atoms with Crippen LogP contribution in [-0.4, -0.2) is 5.75 Å². The summed E-state index contributed by atoms with van der Waals surface area (Å²) in [6, 6.07) is 0. The molecule has 0 heterocycles. The van der Waals surface area contributed by atoms with Crippen LogP contribution in [0.15, 0.2) is 21.6 Å². The second-order valence-corrected chi connectivity index (χ2v) is 4.82. The monoisotopic (exact) mass is 198 g/mol. The molecule has 0 spiro atoms. The number of hydrogen-bond donors (Lipinski definition) is 0. The van der Waals surface area contributed by atoms with E-state index >= 15 is 0 Å². The molecule has 0 saturated carbocycles. The summed E-state index contributed by atoms with van der Waals surface area (Å²) in [5.74, 6) is 1.18. The van der Waals surface area contributed by atoms with Crippen molar-refractivity contribution >= 4 is 11.8 Å². The van der Waals surface area contributed by atoms with Gasteiger partial charge in [0.2, 0.25) is 0 Å². The molecule has 0 aliphatic heterocycles. The third-order valence-corrected chi connectivity index (χ3v) is 3.60. The molecule has 0 aliphatic carbocycles. The van der Waals surface area contributed by atoms with E-state index in [1.807, 2.05) is 11.8 Å². The van der Waals surface area contributed by atoms with Crippen molar-refractivity contribution in [1.82, 2.24) is 0 Å². The zero-order valence-corrected chi connectivity index (χ0v) is 10.6. The second kappa shape index (κ2) is 6.31. The van der Waals surface area contributed by atoms with Gasteiger partial charge >= 0.3 is 0 Å². The van der Waals surface area contributed by atoms with Crippen LogP contribution in [0.3, 0.4) is 0 Å². The highest BCUT2D eigenvalue weighted by molar-refractivity contribution is 8.03. The highest BCUT2D eigenvalue weighted by atomic mass is 32.2. The summed E-state index contributed by atoms with van der Waals surface area (Å²) in [5.41, 5.74) is 4.37. The standard InChI is InChI=1S/C12H22S/c1-7-12(13-8-2)11(6)10(5)9(3)4/h7-8H2,1-6H3/b12-11+. The summed E-state index contributed by atoms with van der Waals surface area (Å²) in [5, 5.41) is 0. The third kappa shape index (κ3) is 4.04. The van der Waals surface area contributed by atoms with E-state index in [0.29, 0.717) is 0 Å². The summed E-state index contributed by atoms with van der Waals surface area (Å²) >= 11 is 1.98. The van der Waals surface area contributed by atoms with Crippen molar-refractivity contribution < 1.29 is 0 Å². The molecule has 0 nitrogen and oxygen atoms in total. The molecule has 0 bridgehead atoms. The van der Waals surface area contributed by atoms with Gasteiger partial charge in [-0.1, -0.05) is 19.4 Å². The van der Waals surface area contributed by atoms with Gasteiger partial charge in [-0.25, -0.2) is 0 Å². The average molecular weight is 198 g/mol. The molecule has 0 rings (SSSR count). The highest BCUT2D eigenvalue weighted by Gasteiger charge is 2.03. The molecular formula is C12H22S. The lowest BCUT2D eigenvalue weighted by Gasteiger charge is -2.11. The smallest absolute Gasteiger partial charge is 0.00516 e. The van der Waals surface area contributed by atoms with Gasteiger partial charge in [0.15, 0.2) is 0 Å². The molecule has 0 saturated heterocycles. The zero-order chi connectivity index (χ0) is 10.4. The lowest BCUT2D eigenvalue weighted by molar-refractivity contribution is 1.13. The van der Waals surface area contributed by atoms with Gasteiger partial charge in [-0.05, 0) is 55.9 Å². The normalized spacial score (nSPS) is 12.5. The lowest BCUT2D eigenvalue weighted by Crippen LogP contribution is -1.89. The number of rotatable bonds is 4. The van der Waals surface area contributed by atoms with Crippen LogP contribution in [0.1, 0.15) is 48.0 Å². The number of hydrogen-bond acceptors (Lipinski definition) is 1. The molecule has 1 heteroatoms. The third-order valence-electron chi connectivity index (χ3n) is 2.37. The maximum absolute atomic E-state index is 2.24. The lowest BCUT2D eigenvalue weighted by atomic mass is 10.0. The van der Waals surface area contributed by atoms with Gasteiger partial charge in [-0.3, -0.25) is 0 Å². The molecular weight excluding hydrogens is 176 g/mol. The number of allylic oxidation sites excluding steroid dienone is 4. The van der Waals surface area contributed by atoms with Gasteiger partial charge < -0.3 is 0 Å². The van der Waals surface area contributed by atoms with E-state index in [2.05, 4.69) is 41.5 Å². The molecule has 76 valence electrons. The zero-order valence-electron chi connectivity index (χ0n) is 9.82. The van der Waals surface area contributed by atoms with Crippen LogP contribution in [-0.2, 0) is 0 Å². The van der Waals surface area contributed by atoms with E-state index in [9.17, 15) is 0 Å². The molecule has 0 aromatic carbocycles. The summed E-state index contributed by atoms with van der Waals surface area (Å²) in [6.07, 6.45) is 1.16. The first kappa shape index (κ1) is 12.8. The van der Waals surface area contributed by atoms with Crippen LogP contribution in [0.25, 0.3) is 0 Å². The van der Waals surface area contributed by atoms with Crippen LogP contribution in [0, 0.1) is 0 Å². The van der Waals surface area contributed by atoms with Crippen LogP contribution in [0.4, 0.5) is 0 Å². The van der Waals surface area contributed by atoms with Gasteiger partial charge in [-0.2, -0.15) is 0 Å². The maximum Gasteiger partial charge on any atom is -0.00516 e. The van der Waals surface area contributed by atoms with Crippen LogP contribution in [0.2, 0.25) is 0 Å². The molecule has 0 aromatic rings. The minimum atomic E-state index is 1.16. The molecule has 0 atom stereocenters. The topological polar surface area (TPSA) is 0 Å². The van der Waals surface area contributed by atoms with Gasteiger partial charge in [0, 0.05) is 0 Å². The Morgan fingerprint density at radius 3 is 1.77 bits per heavy atom. The minimum Gasteiger partial charge on any atom is -0.131 e. The van der Waals surface area contributed by atoms with Crippen LogP contribution >= 0.6 is 11.8 Å². The molecule has 0 aromatic heterocycles. The Morgan fingerprint density at radius 1 is 0.923 bits per heavy atom. The Morgan fingerprint density at radius 2 is 1.46 bits per heavy atom. The fraction of sp³-hybridized carbons (Fsp3) is 0.667. The largest absolute Gasteiger partial charge is 0.131 e. The van der Waals surface area contributed by atoms with Crippen molar-refractivity contribution in [2.45, 2.75) is 48.0 Å². The van der Waals surface area contributed by atoms with Gasteiger partial charge in [-0.15, -0.1) is 11.8 Å². The first-order valence-corrected chi connectivity index (χ1v) is 6.00. The highest BCUT2D eigenvalue weighted by Crippen LogP contribution is 2.27. The van der Waals surface area contributed by atoms with E-state index in [-0.39, 0.29) is 0 Å². The van der Waals surface area contributed by atoms with E-state index in [1.165, 1.54) is 22.5 Å². The quantitative estimate of drug-likeness (QED) is 0.586. The second-order valence-electron chi connectivity index (χ2n) is 3.46. The van der Waals surface area contributed by atoms with Crippen molar-refractivity contribution in [1.29, 1.82) is 0 Å².